The molecule has 0 atom stereocenters. The van der Waals surface area contributed by atoms with Gasteiger partial charge in [-0.3, -0.25) is 4.79 Å². The number of carboxylic acids is 1. The van der Waals surface area contributed by atoms with Gasteiger partial charge in [0, 0.05) is 18.7 Å². The topological polar surface area (TPSA) is 49.3 Å². The van der Waals surface area contributed by atoms with E-state index >= 15 is 0 Å². The normalized spacial score (nSPS) is 16.8. The minimum absolute atomic E-state index is 0.138. The van der Waals surface area contributed by atoms with E-state index in [4.69, 9.17) is 5.11 Å². The number of hydrogen-bond donors (Lipinski definition) is 2. The van der Waals surface area contributed by atoms with Gasteiger partial charge in [-0.2, -0.15) is 0 Å². The quantitative estimate of drug-likeness (QED) is 0.828. The smallest absolute Gasteiger partial charge is 0.310 e. The highest BCUT2D eigenvalue weighted by molar-refractivity contribution is 5.78. The maximum atomic E-state index is 13.2. The van der Waals surface area contributed by atoms with Crippen molar-refractivity contribution in [3.05, 3.63) is 35.4 Å². The summed E-state index contributed by atoms with van der Waals surface area (Å²) < 4.78 is 26.1. The Balaban J connectivity index is 1.90. The second-order valence-corrected chi connectivity index (χ2v) is 4.42. The molecule has 0 aromatic heterocycles. The number of carbonyl (C=O) groups is 1. The summed E-state index contributed by atoms with van der Waals surface area (Å²) in [6.45, 7) is 0.427. The SMILES string of the molecule is O=C(O)C1(CNCc2cc(F)ccc2F)CC1. The molecule has 0 saturated heterocycles. The molecule has 0 bridgehead atoms. The summed E-state index contributed by atoms with van der Waals surface area (Å²) in [7, 11) is 0. The third-order valence-electron chi connectivity index (χ3n) is 3.09. The molecule has 0 amide bonds. The molecule has 2 rings (SSSR count). The number of hydrogen-bond acceptors (Lipinski definition) is 2. The molecule has 1 aliphatic carbocycles. The Kier molecular flexibility index (Phi) is 3.11. The summed E-state index contributed by atoms with van der Waals surface area (Å²) in [5, 5.41) is 11.8. The minimum Gasteiger partial charge on any atom is -0.481 e. The lowest BCUT2D eigenvalue weighted by molar-refractivity contribution is -0.143. The Labute approximate surface area is 97.5 Å². The molecule has 0 spiro atoms. The third kappa shape index (κ3) is 2.61. The zero-order chi connectivity index (χ0) is 12.5. The first-order valence-corrected chi connectivity index (χ1v) is 5.42. The molecule has 0 radical (unpaired) electrons. The summed E-state index contributed by atoms with van der Waals surface area (Å²) in [6.07, 6.45) is 1.28. The van der Waals surface area contributed by atoms with Crippen molar-refractivity contribution in [2.75, 3.05) is 6.54 Å². The summed E-state index contributed by atoms with van der Waals surface area (Å²) in [6, 6.07) is 3.23. The van der Waals surface area contributed by atoms with Crippen molar-refractivity contribution in [2.45, 2.75) is 19.4 Å². The van der Waals surface area contributed by atoms with Gasteiger partial charge in [0.25, 0.3) is 0 Å². The van der Waals surface area contributed by atoms with E-state index < -0.39 is 23.0 Å². The van der Waals surface area contributed by atoms with Crippen LogP contribution in [0, 0.1) is 17.0 Å². The van der Waals surface area contributed by atoms with Crippen molar-refractivity contribution in [1.29, 1.82) is 0 Å². The second kappa shape index (κ2) is 4.41. The van der Waals surface area contributed by atoms with Crippen LogP contribution in [0.3, 0.4) is 0 Å². The Hall–Kier alpha value is -1.49. The highest BCUT2D eigenvalue weighted by Gasteiger charge is 2.49. The zero-order valence-electron chi connectivity index (χ0n) is 9.17. The summed E-state index contributed by atoms with van der Waals surface area (Å²) >= 11 is 0. The molecular formula is C12H13F2NO2. The molecule has 1 aromatic carbocycles. The second-order valence-electron chi connectivity index (χ2n) is 4.42. The Morgan fingerprint density at radius 3 is 2.71 bits per heavy atom. The van der Waals surface area contributed by atoms with Crippen molar-refractivity contribution in [3.63, 3.8) is 0 Å². The van der Waals surface area contributed by atoms with Crippen molar-refractivity contribution < 1.29 is 18.7 Å². The van der Waals surface area contributed by atoms with E-state index in [-0.39, 0.29) is 18.7 Å². The van der Waals surface area contributed by atoms with Gasteiger partial charge in [-0.25, -0.2) is 8.78 Å². The fourth-order valence-electron chi connectivity index (χ4n) is 1.73. The van der Waals surface area contributed by atoms with Gasteiger partial charge in [-0.1, -0.05) is 0 Å². The standard InChI is InChI=1S/C12H13F2NO2/c13-9-1-2-10(14)8(5-9)6-15-7-12(3-4-12)11(16)17/h1-2,5,15H,3-4,6-7H2,(H,16,17). The summed E-state index contributed by atoms with van der Waals surface area (Å²) in [4.78, 5) is 10.9. The lowest BCUT2D eigenvalue weighted by atomic mass is 10.1. The molecule has 0 unspecified atom stereocenters. The van der Waals surface area contributed by atoms with Gasteiger partial charge in [0.15, 0.2) is 0 Å². The Bertz CT molecular complexity index is 444. The van der Waals surface area contributed by atoms with Crippen LogP contribution in [0.25, 0.3) is 0 Å². The maximum absolute atomic E-state index is 13.2. The highest BCUT2D eigenvalue weighted by atomic mass is 19.1. The molecular weight excluding hydrogens is 228 g/mol. The van der Waals surface area contributed by atoms with Gasteiger partial charge < -0.3 is 10.4 Å². The monoisotopic (exact) mass is 241 g/mol. The van der Waals surface area contributed by atoms with Crippen LogP contribution in [0.4, 0.5) is 8.78 Å². The highest BCUT2D eigenvalue weighted by Crippen LogP contribution is 2.45. The van der Waals surface area contributed by atoms with Crippen molar-refractivity contribution >= 4 is 5.97 Å². The third-order valence-corrected chi connectivity index (χ3v) is 3.09. The molecule has 1 fully saturated rings. The first kappa shape index (κ1) is 12.0. The number of aliphatic carboxylic acids is 1. The molecule has 0 aliphatic heterocycles. The Morgan fingerprint density at radius 1 is 1.41 bits per heavy atom. The van der Waals surface area contributed by atoms with Gasteiger partial charge in [-0.05, 0) is 31.0 Å². The zero-order valence-corrected chi connectivity index (χ0v) is 9.17. The summed E-state index contributed by atoms with van der Waals surface area (Å²) in [5.74, 6) is -1.81. The predicted molar refractivity (Wildman–Crippen MR) is 57.4 cm³/mol. The molecule has 1 aromatic rings. The van der Waals surface area contributed by atoms with E-state index in [0.717, 1.165) is 18.2 Å². The van der Waals surface area contributed by atoms with Crippen LogP contribution < -0.4 is 5.32 Å². The minimum atomic E-state index is -0.829. The number of halogens is 2. The van der Waals surface area contributed by atoms with E-state index in [1.807, 2.05) is 0 Å². The van der Waals surface area contributed by atoms with Crippen LogP contribution in [-0.2, 0) is 11.3 Å². The van der Waals surface area contributed by atoms with Gasteiger partial charge in [0.2, 0.25) is 0 Å². The molecule has 5 heteroatoms. The lowest BCUT2D eigenvalue weighted by Crippen LogP contribution is -2.29. The predicted octanol–water partition coefficient (Wildman–Crippen LogP) is 1.92. The number of nitrogens with one attached hydrogen (secondary N) is 1. The van der Waals surface area contributed by atoms with Crippen molar-refractivity contribution in [1.82, 2.24) is 5.32 Å². The molecule has 3 nitrogen and oxygen atoms in total. The lowest BCUT2D eigenvalue weighted by Gasteiger charge is -2.11. The molecule has 0 heterocycles. The van der Waals surface area contributed by atoms with Crippen LogP contribution in [0.5, 0.6) is 0 Å². The van der Waals surface area contributed by atoms with E-state index in [1.54, 1.807) is 0 Å². The Morgan fingerprint density at radius 2 is 2.12 bits per heavy atom. The van der Waals surface area contributed by atoms with E-state index in [9.17, 15) is 13.6 Å². The fourth-order valence-corrected chi connectivity index (χ4v) is 1.73. The van der Waals surface area contributed by atoms with Crippen LogP contribution in [0.15, 0.2) is 18.2 Å². The average molecular weight is 241 g/mol. The van der Waals surface area contributed by atoms with Crippen LogP contribution in [0.2, 0.25) is 0 Å². The molecule has 92 valence electrons. The summed E-state index contributed by atoms with van der Waals surface area (Å²) in [5.41, 5.74) is -0.477. The van der Waals surface area contributed by atoms with Crippen LogP contribution in [0.1, 0.15) is 18.4 Å². The average Bonchev–Trinajstić information content (AvgIpc) is 3.04. The number of benzene rings is 1. The number of carboxylic acid groups (broad SMARTS) is 1. The van der Waals surface area contributed by atoms with Crippen LogP contribution in [-0.4, -0.2) is 17.6 Å². The molecule has 2 N–H and O–H groups in total. The maximum Gasteiger partial charge on any atom is 0.310 e. The van der Waals surface area contributed by atoms with Crippen molar-refractivity contribution in [3.8, 4) is 0 Å². The van der Waals surface area contributed by atoms with E-state index in [2.05, 4.69) is 5.32 Å². The van der Waals surface area contributed by atoms with Gasteiger partial charge in [-0.15, -0.1) is 0 Å². The van der Waals surface area contributed by atoms with Crippen LogP contribution >= 0.6 is 0 Å². The van der Waals surface area contributed by atoms with E-state index in [1.165, 1.54) is 0 Å². The van der Waals surface area contributed by atoms with Gasteiger partial charge in [0.1, 0.15) is 11.6 Å². The molecule has 17 heavy (non-hydrogen) atoms. The van der Waals surface area contributed by atoms with Gasteiger partial charge in [0.05, 0.1) is 5.41 Å². The van der Waals surface area contributed by atoms with E-state index in [0.29, 0.717) is 12.8 Å². The largest absolute Gasteiger partial charge is 0.481 e. The fraction of sp³-hybridized carbons (Fsp3) is 0.417. The first-order valence-electron chi connectivity index (χ1n) is 5.42. The molecule has 1 aliphatic rings. The number of rotatable bonds is 5. The van der Waals surface area contributed by atoms with Gasteiger partial charge >= 0.3 is 5.97 Å². The van der Waals surface area contributed by atoms with Crippen molar-refractivity contribution in [2.24, 2.45) is 5.41 Å². The molecule has 1 saturated carbocycles. The first-order chi connectivity index (χ1) is 8.03.